The molecule has 0 radical (unpaired) electrons. The second kappa shape index (κ2) is 21.4. The molecule has 0 atom stereocenters. The minimum absolute atomic E-state index is 0.833. The highest BCUT2D eigenvalue weighted by Gasteiger charge is 1.84. The van der Waals surface area contributed by atoms with E-state index in [0.29, 0.717) is 0 Å². The average molecular weight is 294 g/mol. The third-order valence-electron chi connectivity index (χ3n) is 1.42. The van der Waals surface area contributed by atoms with E-state index in [2.05, 4.69) is 38.4 Å². The summed E-state index contributed by atoms with van der Waals surface area (Å²) in [5.74, 6) is 0.106. The Bertz CT molecular complexity index is 206. The summed E-state index contributed by atoms with van der Waals surface area (Å²) in [6, 6.07) is 0. The lowest BCUT2D eigenvalue weighted by Gasteiger charge is -1.93. The van der Waals surface area contributed by atoms with Crippen LogP contribution in [0.5, 0.6) is 0 Å². The van der Waals surface area contributed by atoms with Crippen LogP contribution in [0.1, 0.15) is 25.7 Å². The van der Waals surface area contributed by atoms with Gasteiger partial charge in [-0.1, -0.05) is 26.0 Å². The molecule has 2 N–H and O–H groups in total. The van der Waals surface area contributed by atoms with E-state index in [-0.39, 0.29) is 0 Å². The van der Waals surface area contributed by atoms with Crippen molar-refractivity contribution in [1.29, 1.82) is 0 Å². The average Bonchev–Trinajstić information content (AvgIpc) is 2.36. The molecule has 0 heterocycles. The van der Waals surface area contributed by atoms with Gasteiger partial charge >= 0.3 is 11.9 Å². The molecule has 106 valence electrons. The van der Waals surface area contributed by atoms with Crippen LogP contribution in [0.4, 0.5) is 0 Å². The molecule has 0 aromatic rings. The number of carboxylic acids is 2. The number of hydrogen-bond acceptors (Lipinski definition) is 4. The summed E-state index contributed by atoms with van der Waals surface area (Å²) < 4.78 is 0. The number of hydrogen-bond donors (Lipinski definition) is 4. The Morgan fingerprint density at radius 3 is 1.17 bits per heavy atom. The van der Waals surface area contributed by atoms with Gasteiger partial charge in [0.15, 0.2) is 0 Å². The van der Waals surface area contributed by atoms with Crippen LogP contribution in [0.25, 0.3) is 0 Å². The van der Waals surface area contributed by atoms with Crippen molar-refractivity contribution < 1.29 is 19.8 Å². The van der Waals surface area contributed by atoms with Crippen LogP contribution in [0.2, 0.25) is 0 Å². The van der Waals surface area contributed by atoms with E-state index in [9.17, 15) is 9.59 Å². The van der Waals surface area contributed by atoms with Crippen molar-refractivity contribution in [2.45, 2.75) is 25.7 Å². The number of carbonyl (C=O) groups is 2. The molecule has 0 aliphatic heterocycles. The van der Waals surface area contributed by atoms with Crippen LogP contribution in [0.15, 0.2) is 25.3 Å². The maximum Gasteiger partial charge on any atom is 0.327 e. The van der Waals surface area contributed by atoms with E-state index in [1.807, 2.05) is 0 Å². The first-order valence-electron chi connectivity index (χ1n) is 5.38. The van der Waals surface area contributed by atoms with Crippen molar-refractivity contribution in [3.63, 3.8) is 0 Å². The Morgan fingerprint density at radius 1 is 0.833 bits per heavy atom. The first-order chi connectivity index (χ1) is 8.45. The third-order valence-corrected chi connectivity index (χ3v) is 2.05. The minimum Gasteiger partial charge on any atom is -0.478 e. The Labute approximate surface area is 120 Å². The molecule has 0 spiro atoms. The topological polar surface area (TPSA) is 74.6 Å². The fourth-order valence-corrected chi connectivity index (χ4v) is 1.02. The normalized spacial score (nSPS) is 7.89. The summed E-state index contributed by atoms with van der Waals surface area (Å²) in [4.78, 5) is 18.5. The van der Waals surface area contributed by atoms with Gasteiger partial charge in [-0.05, 0) is 24.3 Å². The second-order valence-corrected chi connectivity index (χ2v) is 3.84. The molecular formula is C12H22O4S2. The summed E-state index contributed by atoms with van der Waals surface area (Å²) in [6.45, 7) is 5.92. The fraction of sp³-hybridized carbons (Fsp3) is 0.500. The summed E-state index contributed by atoms with van der Waals surface area (Å²) in [5, 5.41) is 15.2. The van der Waals surface area contributed by atoms with Crippen molar-refractivity contribution in [1.82, 2.24) is 0 Å². The number of aliphatic carboxylic acids is 2. The molecule has 0 aromatic heterocycles. The molecule has 18 heavy (non-hydrogen) atoms. The summed E-state index contributed by atoms with van der Waals surface area (Å²) in [7, 11) is 0. The fourth-order valence-electron chi connectivity index (χ4n) is 0.577. The van der Waals surface area contributed by atoms with Crippen molar-refractivity contribution >= 4 is 37.2 Å². The van der Waals surface area contributed by atoms with Gasteiger partial charge in [0.25, 0.3) is 0 Å². The van der Waals surface area contributed by atoms with Gasteiger partial charge in [-0.3, -0.25) is 0 Å². The van der Waals surface area contributed by atoms with Gasteiger partial charge in [-0.25, -0.2) is 9.59 Å². The maximum absolute atomic E-state index is 9.25. The first-order valence-corrected chi connectivity index (χ1v) is 6.65. The highest BCUT2D eigenvalue weighted by atomic mass is 32.1. The molecular weight excluding hydrogens is 272 g/mol. The predicted molar refractivity (Wildman–Crippen MR) is 81.8 cm³/mol. The van der Waals surface area contributed by atoms with E-state index in [1.165, 1.54) is 25.7 Å². The van der Waals surface area contributed by atoms with E-state index in [4.69, 9.17) is 10.2 Å². The van der Waals surface area contributed by atoms with Gasteiger partial charge < -0.3 is 10.2 Å². The van der Waals surface area contributed by atoms with Crippen LogP contribution in [0.3, 0.4) is 0 Å². The van der Waals surface area contributed by atoms with Gasteiger partial charge in [0.2, 0.25) is 0 Å². The smallest absolute Gasteiger partial charge is 0.327 e. The Hall–Kier alpha value is -0.880. The lowest BCUT2D eigenvalue weighted by molar-refractivity contribution is -0.132. The van der Waals surface area contributed by atoms with Crippen LogP contribution in [-0.4, -0.2) is 33.7 Å². The van der Waals surface area contributed by atoms with Crippen LogP contribution in [0, 0.1) is 0 Å². The number of thiol groups is 2. The second-order valence-electron chi connectivity index (χ2n) is 2.95. The Balaban J connectivity index is -0.000000197. The Morgan fingerprint density at radius 2 is 1.06 bits per heavy atom. The zero-order chi connectivity index (χ0) is 14.8. The zero-order valence-corrected chi connectivity index (χ0v) is 12.2. The van der Waals surface area contributed by atoms with Gasteiger partial charge in [-0.2, -0.15) is 25.3 Å². The van der Waals surface area contributed by atoms with Gasteiger partial charge in [-0.15, -0.1) is 0 Å². The molecule has 0 rings (SSSR count). The van der Waals surface area contributed by atoms with Gasteiger partial charge in [0, 0.05) is 12.2 Å². The molecule has 6 heteroatoms. The lowest BCUT2D eigenvalue weighted by atomic mass is 10.2. The van der Waals surface area contributed by atoms with Crippen LogP contribution >= 0.6 is 25.3 Å². The minimum atomic E-state index is -0.981. The highest BCUT2D eigenvalue weighted by Crippen LogP contribution is 2.00. The van der Waals surface area contributed by atoms with Crippen LogP contribution in [-0.2, 0) is 9.59 Å². The number of unbranched alkanes of at least 4 members (excludes halogenated alkanes) is 3. The molecule has 0 fully saturated rings. The lowest BCUT2D eigenvalue weighted by Crippen LogP contribution is -1.82. The molecule has 0 aliphatic carbocycles. The van der Waals surface area contributed by atoms with E-state index in [0.717, 1.165) is 23.7 Å². The summed E-state index contributed by atoms with van der Waals surface area (Å²) in [6.07, 6.45) is 6.84. The van der Waals surface area contributed by atoms with Gasteiger partial charge in [0.1, 0.15) is 0 Å². The quantitative estimate of drug-likeness (QED) is 0.331. The third kappa shape index (κ3) is 45.7. The molecule has 0 bridgehead atoms. The molecule has 0 saturated carbocycles. The number of carboxylic acid groups (broad SMARTS) is 2. The standard InChI is InChI=1S/C6H14S2.2C3H4O2/c7-5-3-1-2-4-6-8;2*1-2-3(4)5/h7-8H,1-6H2;2*2H,1H2,(H,4,5). The summed E-state index contributed by atoms with van der Waals surface area (Å²) in [5.41, 5.74) is 0. The first kappa shape index (κ1) is 22.3. The largest absolute Gasteiger partial charge is 0.478 e. The monoisotopic (exact) mass is 294 g/mol. The van der Waals surface area contributed by atoms with E-state index < -0.39 is 11.9 Å². The predicted octanol–water partition coefficient (Wildman–Crippen LogP) is 2.92. The van der Waals surface area contributed by atoms with Crippen molar-refractivity contribution in [3.8, 4) is 0 Å². The molecule has 0 amide bonds. The molecule has 0 unspecified atom stereocenters. The maximum atomic E-state index is 9.25. The van der Waals surface area contributed by atoms with E-state index in [1.54, 1.807) is 0 Å². The molecule has 0 aromatic carbocycles. The van der Waals surface area contributed by atoms with E-state index >= 15 is 0 Å². The van der Waals surface area contributed by atoms with Crippen molar-refractivity contribution in [2.75, 3.05) is 11.5 Å². The summed E-state index contributed by atoms with van der Waals surface area (Å²) >= 11 is 8.21. The zero-order valence-electron chi connectivity index (χ0n) is 10.4. The van der Waals surface area contributed by atoms with Crippen molar-refractivity contribution in [2.24, 2.45) is 0 Å². The van der Waals surface area contributed by atoms with Gasteiger partial charge in [0.05, 0.1) is 0 Å². The van der Waals surface area contributed by atoms with Crippen LogP contribution < -0.4 is 0 Å². The van der Waals surface area contributed by atoms with Crippen molar-refractivity contribution in [3.05, 3.63) is 25.3 Å². The molecule has 0 saturated heterocycles. The SMILES string of the molecule is C=CC(=O)O.C=CC(=O)O.SCCCCCCS. The molecule has 4 nitrogen and oxygen atoms in total. The number of rotatable bonds is 7. The Kier molecular flexibility index (Phi) is 26.5. The molecule has 0 aliphatic rings. The highest BCUT2D eigenvalue weighted by molar-refractivity contribution is 7.80.